The minimum Gasteiger partial charge on any atom is -0.382 e. The van der Waals surface area contributed by atoms with Crippen LogP contribution in [0, 0.1) is 11.3 Å². The first-order valence-corrected chi connectivity index (χ1v) is 7.63. The molecule has 0 saturated heterocycles. The largest absolute Gasteiger partial charge is 0.382 e. The number of rotatable bonds is 3. The number of aromatic nitrogens is 2. The fourth-order valence-electron chi connectivity index (χ4n) is 3.68. The predicted octanol–water partition coefficient (Wildman–Crippen LogP) is 3.72. The van der Waals surface area contributed by atoms with Crippen molar-refractivity contribution in [3.63, 3.8) is 0 Å². The Morgan fingerprint density at radius 1 is 1.42 bits per heavy atom. The molecule has 0 aromatic carbocycles. The lowest BCUT2D eigenvalue weighted by atomic mass is 9.63. The standard InChI is InChI=1S/C16H28N2O/c1-5-11-18-12-10-17-14(18)16(19)9-7-6-8-13(16)15(2,3)4/h10,12-13,19H,5-9,11H2,1-4H3. The van der Waals surface area contributed by atoms with Crippen molar-refractivity contribution in [2.75, 3.05) is 0 Å². The van der Waals surface area contributed by atoms with E-state index in [9.17, 15) is 5.11 Å². The molecule has 1 aromatic rings. The van der Waals surface area contributed by atoms with Crippen LogP contribution in [0.2, 0.25) is 0 Å². The molecule has 0 aliphatic heterocycles. The van der Waals surface area contributed by atoms with Crippen LogP contribution in [0.3, 0.4) is 0 Å². The van der Waals surface area contributed by atoms with Crippen molar-refractivity contribution in [2.24, 2.45) is 11.3 Å². The van der Waals surface area contributed by atoms with Crippen LogP contribution in [0.15, 0.2) is 12.4 Å². The average molecular weight is 264 g/mol. The lowest BCUT2D eigenvalue weighted by molar-refractivity contribution is -0.104. The van der Waals surface area contributed by atoms with Gasteiger partial charge in [0.05, 0.1) is 0 Å². The van der Waals surface area contributed by atoms with Crippen molar-refractivity contribution in [2.45, 2.75) is 71.9 Å². The van der Waals surface area contributed by atoms with Crippen molar-refractivity contribution in [1.29, 1.82) is 0 Å². The smallest absolute Gasteiger partial charge is 0.141 e. The second-order valence-corrected chi connectivity index (χ2v) is 7.03. The Labute approximate surface area is 117 Å². The molecule has 1 aromatic heterocycles. The van der Waals surface area contributed by atoms with Gasteiger partial charge in [0, 0.05) is 18.9 Å². The molecule has 3 heteroatoms. The minimum atomic E-state index is -0.755. The first-order valence-electron chi connectivity index (χ1n) is 7.63. The van der Waals surface area contributed by atoms with E-state index in [1.165, 1.54) is 6.42 Å². The Balaban J connectivity index is 2.39. The number of nitrogens with zero attached hydrogens (tertiary/aromatic N) is 2. The number of aryl methyl sites for hydroxylation is 1. The van der Waals surface area contributed by atoms with Gasteiger partial charge in [-0.05, 0) is 30.6 Å². The molecule has 0 spiro atoms. The fourth-order valence-corrected chi connectivity index (χ4v) is 3.68. The SMILES string of the molecule is CCCn1ccnc1C1(O)CCCCC1C(C)(C)C. The van der Waals surface area contributed by atoms with Crippen molar-refractivity contribution in [1.82, 2.24) is 9.55 Å². The summed E-state index contributed by atoms with van der Waals surface area (Å²) in [7, 11) is 0. The van der Waals surface area contributed by atoms with Gasteiger partial charge < -0.3 is 9.67 Å². The molecule has 1 aliphatic rings. The van der Waals surface area contributed by atoms with Crippen LogP contribution < -0.4 is 0 Å². The third kappa shape index (κ3) is 2.71. The van der Waals surface area contributed by atoms with Gasteiger partial charge in [-0.15, -0.1) is 0 Å². The summed E-state index contributed by atoms with van der Waals surface area (Å²) in [6.07, 6.45) is 9.16. The summed E-state index contributed by atoms with van der Waals surface area (Å²) in [6.45, 7) is 9.81. The van der Waals surface area contributed by atoms with Crippen LogP contribution in [0.1, 0.15) is 65.6 Å². The first kappa shape index (κ1) is 14.6. The summed E-state index contributed by atoms with van der Waals surface area (Å²) >= 11 is 0. The summed E-state index contributed by atoms with van der Waals surface area (Å²) in [5, 5.41) is 11.4. The molecule has 0 bridgehead atoms. The zero-order valence-corrected chi connectivity index (χ0v) is 12.8. The molecular weight excluding hydrogens is 236 g/mol. The Bertz CT molecular complexity index is 419. The lowest BCUT2D eigenvalue weighted by Crippen LogP contribution is -2.46. The summed E-state index contributed by atoms with van der Waals surface area (Å²) in [5.74, 6) is 1.17. The number of imidazole rings is 1. The summed E-state index contributed by atoms with van der Waals surface area (Å²) < 4.78 is 2.14. The second-order valence-electron chi connectivity index (χ2n) is 7.03. The Morgan fingerprint density at radius 2 is 2.16 bits per heavy atom. The van der Waals surface area contributed by atoms with Crippen LogP contribution in [0.5, 0.6) is 0 Å². The molecule has 1 saturated carbocycles. The molecular formula is C16H28N2O. The number of hydrogen-bond donors (Lipinski definition) is 1. The molecule has 0 amide bonds. The summed E-state index contributed by atoms with van der Waals surface area (Å²) in [6, 6.07) is 0. The zero-order chi connectivity index (χ0) is 14.1. The van der Waals surface area contributed by atoms with E-state index in [-0.39, 0.29) is 11.3 Å². The van der Waals surface area contributed by atoms with Gasteiger partial charge in [-0.1, -0.05) is 40.5 Å². The van der Waals surface area contributed by atoms with E-state index in [1.807, 2.05) is 12.4 Å². The van der Waals surface area contributed by atoms with Gasteiger partial charge in [0.15, 0.2) is 0 Å². The highest BCUT2D eigenvalue weighted by molar-refractivity contribution is 5.11. The summed E-state index contributed by atoms with van der Waals surface area (Å²) in [4.78, 5) is 4.51. The van der Waals surface area contributed by atoms with Crippen molar-refractivity contribution >= 4 is 0 Å². The molecule has 2 unspecified atom stereocenters. The zero-order valence-electron chi connectivity index (χ0n) is 12.8. The normalized spacial score (nSPS) is 28.6. The lowest BCUT2D eigenvalue weighted by Gasteiger charge is -2.46. The van der Waals surface area contributed by atoms with Gasteiger partial charge in [-0.3, -0.25) is 0 Å². The minimum absolute atomic E-state index is 0.109. The van der Waals surface area contributed by atoms with Crippen LogP contribution in [0.4, 0.5) is 0 Å². The van der Waals surface area contributed by atoms with Gasteiger partial charge in [0.2, 0.25) is 0 Å². The topological polar surface area (TPSA) is 38.0 Å². The highest BCUT2D eigenvalue weighted by atomic mass is 16.3. The summed E-state index contributed by atoms with van der Waals surface area (Å²) in [5.41, 5.74) is -0.646. The van der Waals surface area contributed by atoms with E-state index in [0.717, 1.165) is 38.1 Å². The quantitative estimate of drug-likeness (QED) is 0.903. The van der Waals surface area contributed by atoms with Crippen LogP contribution in [0.25, 0.3) is 0 Å². The number of hydrogen-bond acceptors (Lipinski definition) is 2. The van der Waals surface area contributed by atoms with Crippen LogP contribution in [-0.4, -0.2) is 14.7 Å². The van der Waals surface area contributed by atoms with E-state index in [2.05, 4.69) is 37.2 Å². The monoisotopic (exact) mass is 264 g/mol. The maximum absolute atomic E-state index is 11.4. The molecule has 1 fully saturated rings. The van der Waals surface area contributed by atoms with E-state index in [0.29, 0.717) is 0 Å². The Morgan fingerprint density at radius 3 is 2.79 bits per heavy atom. The molecule has 1 aliphatic carbocycles. The van der Waals surface area contributed by atoms with Gasteiger partial charge in [0.25, 0.3) is 0 Å². The van der Waals surface area contributed by atoms with Crippen LogP contribution >= 0.6 is 0 Å². The first-order chi connectivity index (χ1) is 8.89. The molecule has 1 heterocycles. The average Bonchev–Trinajstić information content (AvgIpc) is 2.77. The third-order valence-electron chi connectivity index (χ3n) is 4.49. The predicted molar refractivity (Wildman–Crippen MR) is 77.8 cm³/mol. The van der Waals surface area contributed by atoms with E-state index in [1.54, 1.807) is 0 Å². The maximum Gasteiger partial charge on any atom is 0.141 e. The third-order valence-corrected chi connectivity index (χ3v) is 4.49. The highest BCUT2D eigenvalue weighted by Crippen LogP contribution is 2.49. The van der Waals surface area contributed by atoms with Gasteiger partial charge in [0.1, 0.15) is 11.4 Å². The Hall–Kier alpha value is -0.830. The van der Waals surface area contributed by atoms with Gasteiger partial charge in [-0.2, -0.15) is 0 Å². The van der Waals surface area contributed by atoms with Crippen molar-refractivity contribution in [3.05, 3.63) is 18.2 Å². The number of aliphatic hydroxyl groups is 1. The van der Waals surface area contributed by atoms with Crippen molar-refractivity contribution in [3.8, 4) is 0 Å². The van der Waals surface area contributed by atoms with Gasteiger partial charge >= 0.3 is 0 Å². The fraction of sp³-hybridized carbons (Fsp3) is 0.812. The van der Waals surface area contributed by atoms with Crippen molar-refractivity contribution < 1.29 is 5.11 Å². The Kier molecular flexibility index (Phi) is 4.05. The molecule has 1 N–H and O–H groups in total. The van der Waals surface area contributed by atoms with E-state index in [4.69, 9.17) is 0 Å². The second kappa shape index (κ2) is 5.28. The van der Waals surface area contributed by atoms with Crippen LogP contribution in [-0.2, 0) is 12.1 Å². The molecule has 3 nitrogen and oxygen atoms in total. The highest BCUT2D eigenvalue weighted by Gasteiger charge is 2.48. The van der Waals surface area contributed by atoms with E-state index < -0.39 is 5.60 Å². The maximum atomic E-state index is 11.4. The molecule has 108 valence electrons. The van der Waals surface area contributed by atoms with E-state index >= 15 is 0 Å². The molecule has 2 atom stereocenters. The molecule has 0 radical (unpaired) electrons. The van der Waals surface area contributed by atoms with Gasteiger partial charge in [-0.25, -0.2) is 4.98 Å². The molecule has 2 rings (SSSR count). The molecule has 19 heavy (non-hydrogen) atoms.